The van der Waals surface area contributed by atoms with Gasteiger partial charge in [-0.2, -0.15) is 0 Å². The van der Waals surface area contributed by atoms with Crippen LogP contribution >= 0.6 is 0 Å². The van der Waals surface area contributed by atoms with Gasteiger partial charge >= 0.3 is 5.97 Å². The molecule has 0 aliphatic carbocycles. The SMILES string of the molecule is COC(=O)[C@@H](CC[S@](=O)c1ccccc1)NC(=O)[C@@H]1CCC(=O)N1. The first-order valence-electron chi connectivity index (χ1n) is 7.62. The Hall–Kier alpha value is -2.22. The third kappa shape index (κ3) is 4.89. The van der Waals surface area contributed by atoms with E-state index in [0.29, 0.717) is 17.7 Å². The van der Waals surface area contributed by atoms with Gasteiger partial charge in [0.25, 0.3) is 0 Å². The molecule has 8 heteroatoms. The molecule has 0 unspecified atom stereocenters. The number of esters is 1. The number of carbonyl (C=O) groups is 3. The van der Waals surface area contributed by atoms with Crippen molar-refractivity contribution in [2.24, 2.45) is 0 Å². The van der Waals surface area contributed by atoms with Crippen LogP contribution in [-0.2, 0) is 29.9 Å². The topological polar surface area (TPSA) is 102 Å². The van der Waals surface area contributed by atoms with E-state index in [1.165, 1.54) is 7.11 Å². The molecule has 0 saturated carbocycles. The first-order chi connectivity index (χ1) is 11.5. The van der Waals surface area contributed by atoms with Crippen molar-refractivity contribution in [3.8, 4) is 0 Å². The van der Waals surface area contributed by atoms with Crippen LogP contribution < -0.4 is 10.6 Å². The summed E-state index contributed by atoms with van der Waals surface area (Å²) >= 11 is 0. The fourth-order valence-corrected chi connectivity index (χ4v) is 3.54. The van der Waals surface area contributed by atoms with E-state index in [-0.39, 0.29) is 18.1 Å². The quantitative estimate of drug-likeness (QED) is 0.679. The summed E-state index contributed by atoms with van der Waals surface area (Å²) in [6, 6.07) is 7.36. The van der Waals surface area contributed by atoms with Gasteiger partial charge < -0.3 is 15.4 Å². The maximum absolute atomic E-state index is 12.2. The number of hydrogen-bond donors (Lipinski definition) is 2. The zero-order valence-electron chi connectivity index (χ0n) is 13.3. The smallest absolute Gasteiger partial charge is 0.328 e. The summed E-state index contributed by atoms with van der Waals surface area (Å²) < 4.78 is 16.9. The second kappa shape index (κ2) is 8.58. The molecular formula is C16H20N2O5S. The van der Waals surface area contributed by atoms with Gasteiger partial charge in [-0.05, 0) is 25.0 Å². The van der Waals surface area contributed by atoms with Crippen molar-refractivity contribution in [2.75, 3.05) is 12.9 Å². The van der Waals surface area contributed by atoms with Crippen LogP contribution in [-0.4, -0.2) is 46.9 Å². The molecule has 1 aromatic carbocycles. The van der Waals surface area contributed by atoms with Gasteiger partial charge in [0.2, 0.25) is 11.8 Å². The molecule has 1 aliphatic rings. The maximum atomic E-state index is 12.2. The van der Waals surface area contributed by atoms with E-state index in [4.69, 9.17) is 4.74 Å². The van der Waals surface area contributed by atoms with E-state index in [9.17, 15) is 18.6 Å². The number of hydrogen-bond acceptors (Lipinski definition) is 5. The average molecular weight is 352 g/mol. The number of rotatable bonds is 7. The molecular weight excluding hydrogens is 332 g/mol. The molecule has 24 heavy (non-hydrogen) atoms. The Balaban J connectivity index is 1.93. The van der Waals surface area contributed by atoms with Crippen LogP contribution in [0.25, 0.3) is 0 Å². The average Bonchev–Trinajstić information content (AvgIpc) is 3.04. The van der Waals surface area contributed by atoms with Crippen molar-refractivity contribution < 1.29 is 23.3 Å². The Morgan fingerprint density at radius 3 is 2.67 bits per heavy atom. The molecule has 1 fully saturated rings. The molecule has 3 atom stereocenters. The summed E-state index contributed by atoms with van der Waals surface area (Å²) in [7, 11) is -0.0447. The summed E-state index contributed by atoms with van der Waals surface area (Å²) in [5.41, 5.74) is 0. The second-order valence-corrected chi connectivity index (χ2v) is 6.97. The van der Waals surface area contributed by atoms with Crippen LogP contribution in [0.5, 0.6) is 0 Å². The van der Waals surface area contributed by atoms with Gasteiger partial charge in [0.15, 0.2) is 0 Å². The molecule has 130 valence electrons. The number of carbonyl (C=O) groups excluding carboxylic acids is 3. The molecule has 1 heterocycles. The highest BCUT2D eigenvalue weighted by atomic mass is 32.2. The fourth-order valence-electron chi connectivity index (χ4n) is 2.39. The Morgan fingerprint density at radius 1 is 1.38 bits per heavy atom. The minimum absolute atomic E-state index is 0.181. The third-order valence-corrected chi connectivity index (χ3v) is 5.12. The van der Waals surface area contributed by atoms with Gasteiger partial charge in [0.1, 0.15) is 12.1 Å². The van der Waals surface area contributed by atoms with Gasteiger partial charge in [-0.15, -0.1) is 0 Å². The second-order valence-electron chi connectivity index (χ2n) is 5.39. The Kier molecular flexibility index (Phi) is 6.48. The molecule has 0 aromatic heterocycles. The van der Waals surface area contributed by atoms with Crippen LogP contribution in [0.4, 0.5) is 0 Å². The molecule has 1 aromatic rings. The van der Waals surface area contributed by atoms with Gasteiger partial charge in [-0.25, -0.2) is 4.79 Å². The van der Waals surface area contributed by atoms with Crippen molar-refractivity contribution >= 4 is 28.6 Å². The summed E-state index contributed by atoms with van der Waals surface area (Å²) in [4.78, 5) is 35.8. The van der Waals surface area contributed by atoms with E-state index < -0.39 is 34.8 Å². The van der Waals surface area contributed by atoms with Gasteiger partial charge in [-0.3, -0.25) is 13.8 Å². The number of amides is 2. The summed E-state index contributed by atoms with van der Waals surface area (Å²) in [6.45, 7) is 0. The molecule has 0 bridgehead atoms. The maximum Gasteiger partial charge on any atom is 0.328 e. The third-order valence-electron chi connectivity index (χ3n) is 3.71. The van der Waals surface area contributed by atoms with Gasteiger partial charge in [0, 0.05) is 17.1 Å². The highest BCUT2D eigenvalue weighted by Gasteiger charge is 2.30. The predicted octanol–water partition coefficient (Wildman–Crippen LogP) is 0.121. The zero-order chi connectivity index (χ0) is 17.5. The molecule has 7 nitrogen and oxygen atoms in total. The lowest BCUT2D eigenvalue weighted by Crippen LogP contribution is -2.49. The lowest BCUT2D eigenvalue weighted by atomic mass is 10.1. The Bertz CT molecular complexity index is 635. The van der Waals surface area contributed by atoms with Crippen molar-refractivity contribution in [3.63, 3.8) is 0 Å². The fraction of sp³-hybridized carbons (Fsp3) is 0.438. The molecule has 0 radical (unpaired) electrons. The first kappa shape index (κ1) is 18.1. The minimum atomic E-state index is -1.27. The van der Waals surface area contributed by atoms with Crippen molar-refractivity contribution in [1.82, 2.24) is 10.6 Å². The summed E-state index contributed by atoms with van der Waals surface area (Å²) in [5, 5.41) is 5.12. The molecule has 0 spiro atoms. The van der Waals surface area contributed by atoms with Crippen molar-refractivity contribution in [1.29, 1.82) is 0 Å². The largest absolute Gasteiger partial charge is 0.467 e. The Morgan fingerprint density at radius 2 is 2.08 bits per heavy atom. The highest BCUT2D eigenvalue weighted by Crippen LogP contribution is 2.10. The van der Waals surface area contributed by atoms with Crippen molar-refractivity contribution in [2.45, 2.75) is 36.2 Å². The van der Waals surface area contributed by atoms with E-state index in [0.717, 1.165) is 0 Å². The zero-order valence-corrected chi connectivity index (χ0v) is 14.1. The molecule has 2 N–H and O–H groups in total. The normalized spacial score (nSPS) is 19.2. The molecule has 2 amide bonds. The van der Waals surface area contributed by atoms with E-state index in [1.807, 2.05) is 6.07 Å². The first-order valence-corrected chi connectivity index (χ1v) is 8.94. The van der Waals surface area contributed by atoms with Crippen LogP contribution in [0, 0.1) is 0 Å². The van der Waals surface area contributed by atoms with Crippen molar-refractivity contribution in [3.05, 3.63) is 30.3 Å². The molecule has 1 saturated heterocycles. The Labute approximate surface area is 142 Å². The monoisotopic (exact) mass is 352 g/mol. The number of ether oxygens (including phenoxy) is 1. The van der Waals surface area contributed by atoms with E-state index in [2.05, 4.69) is 10.6 Å². The summed E-state index contributed by atoms with van der Waals surface area (Å²) in [5.74, 6) is -1.00. The van der Waals surface area contributed by atoms with Gasteiger partial charge in [-0.1, -0.05) is 18.2 Å². The highest BCUT2D eigenvalue weighted by molar-refractivity contribution is 7.85. The number of nitrogens with one attached hydrogen (secondary N) is 2. The molecule has 1 aliphatic heterocycles. The molecule has 2 rings (SSSR count). The van der Waals surface area contributed by atoms with Gasteiger partial charge in [0.05, 0.1) is 17.9 Å². The standard InChI is InChI=1S/C16H20N2O5S/c1-23-16(21)13(18-15(20)12-7-8-14(19)17-12)9-10-24(22)11-5-3-2-4-6-11/h2-6,12-13H,7-10H2,1H3,(H,17,19)(H,18,20)/t12-,13+,24-/m0/s1. The number of benzene rings is 1. The number of methoxy groups -OCH3 is 1. The predicted molar refractivity (Wildman–Crippen MR) is 87.4 cm³/mol. The van der Waals surface area contributed by atoms with E-state index in [1.54, 1.807) is 24.3 Å². The van der Waals surface area contributed by atoms with Crippen LogP contribution in [0.2, 0.25) is 0 Å². The minimum Gasteiger partial charge on any atom is -0.467 e. The van der Waals surface area contributed by atoms with Crippen LogP contribution in [0.15, 0.2) is 35.2 Å². The lowest BCUT2D eigenvalue weighted by Gasteiger charge is -2.18. The van der Waals surface area contributed by atoms with Crippen LogP contribution in [0.1, 0.15) is 19.3 Å². The van der Waals surface area contributed by atoms with E-state index >= 15 is 0 Å². The van der Waals surface area contributed by atoms with Crippen LogP contribution in [0.3, 0.4) is 0 Å². The summed E-state index contributed by atoms with van der Waals surface area (Å²) in [6.07, 6.45) is 0.869. The lowest BCUT2D eigenvalue weighted by molar-refractivity contribution is -0.145.